The number of rotatable bonds is 4. The van der Waals surface area contributed by atoms with Crippen LogP contribution in [0.3, 0.4) is 0 Å². The maximum Gasteiger partial charge on any atom is 0.0741 e. The summed E-state index contributed by atoms with van der Waals surface area (Å²) in [6.45, 7) is 5.46. The fourth-order valence-electron chi connectivity index (χ4n) is 1.26. The lowest BCUT2D eigenvalue weighted by Gasteiger charge is -2.12. The van der Waals surface area contributed by atoms with Gasteiger partial charge in [-0.1, -0.05) is 0 Å². The lowest BCUT2D eigenvalue weighted by Crippen LogP contribution is -2.09. The maximum absolute atomic E-state index is 5.90. The summed E-state index contributed by atoms with van der Waals surface area (Å²) in [7, 11) is 0. The van der Waals surface area contributed by atoms with E-state index in [0.29, 0.717) is 25.4 Å². The van der Waals surface area contributed by atoms with Crippen molar-refractivity contribution < 1.29 is 4.74 Å². The Balaban J connectivity index is 3.01. The van der Waals surface area contributed by atoms with E-state index in [1.807, 2.05) is 13.8 Å². The van der Waals surface area contributed by atoms with Gasteiger partial charge in [-0.25, -0.2) is 0 Å². The van der Waals surface area contributed by atoms with Crippen LogP contribution in [0.4, 0.5) is 5.69 Å². The molecule has 14 heavy (non-hydrogen) atoms. The topological polar surface area (TPSA) is 74.2 Å². The molecule has 0 unspecified atom stereocenters. The number of nitrogen functional groups attached to an aromatic ring is 1. The summed E-state index contributed by atoms with van der Waals surface area (Å²) >= 11 is 0. The van der Waals surface area contributed by atoms with Crippen molar-refractivity contribution in [3.63, 3.8) is 0 Å². The summed E-state index contributed by atoms with van der Waals surface area (Å²) in [6.07, 6.45) is 1.76. The fourth-order valence-corrected chi connectivity index (χ4v) is 1.26. The van der Waals surface area contributed by atoms with Gasteiger partial charge in [0, 0.05) is 24.9 Å². The van der Waals surface area contributed by atoms with Gasteiger partial charge in [0.25, 0.3) is 0 Å². The summed E-state index contributed by atoms with van der Waals surface area (Å²) in [5.74, 6) is 0. The average Bonchev–Trinajstić information content (AvgIpc) is 2.20. The number of anilines is 1. The van der Waals surface area contributed by atoms with Gasteiger partial charge in [0.05, 0.1) is 18.0 Å². The molecule has 0 aliphatic carbocycles. The zero-order valence-electron chi connectivity index (χ0n) is 8.71. The molecule has 0 amide bonds. The molecule has 0 atom stereocenters. The zero-order valence-corrected chi connectivity index (χ0v) is 8.71. The first kappa shape index (κ1) is 10.9. The average molecular weight is 195 g/mol. The van der Waals surface area contributed by atoms with Crippen molar-refractivity contribution in [3.8, 4) is 0 Å². The summed E-state index contributed by atoms with van der Waals surface area (Å²) in [4.78, 5) is 4.16. The smallest absolute Gasteiger partial charge is 0.0741 e. The summed E-state index contributed by atoms with van der Waals surface area (Å²) in [6, 6.07) is 0. The van der Waals surface area contributed by atoms with E-state index in [0.717, 1.165) is 16.8 Å². The SMILES string of the molecule is CCOCc1c(CN)cnc(C)c1N. The molecule has 0 bridgehead atoms. The Bertz CT molecular complexity index is 312. The van der Waals surface area contributed by atoms with Crippen LogP contribution in [0, 0.1) is 6.92 Å². The maximum atomic E-state index is 5.90. The molecule has 1 aromatic heterocycles. The minimum atomic E-state index is 0.444. The van der Waals surface area contributed by atoms with Crippen molar-refractivity contribution in [2.45, 2.75) is 27.0 Å². The third-order valence-electron chi connectivity index (χ3n) is 2.19. The van der Waals surface area contributed by atoms with Crippen molar-refractivity contribution in [1.29, 1.82) is 0 Å². The van der Waals surface area contributed by atoms with E-state index in [-0.39, 0.29) is 0 Å². The van der Waals surface area contributed by atoms with Crippen LogP contribution >= 0.6 is 0 Å². The van der Waals surface area contributed by atoms with Gasteiger partial charge in [-0.05, 0) is 19.4 Å². The normalized spacial score (nSPS) is 10.5. The molecule has 0 saturated carbocycles. The number of nitrogens with two attached hydrogens (primary N) is 2. The van der Waals surface area contributed by atoms with Crippen molar-refractivity contribution in [3.05, 3.63) is 23.0 Å². The Kier molecular flexibility index (Phi) is 3.85. The molecule has 0 spiro atoms. The quantitative estimate of drug-likeness (QED) is 0.750. The van der Waals surface area contributed by atoms with Gasteiger partial charge in [-0.2, -0.15) is 0 Å². The summed E-state index contributed by atoms with van der Waals surface area (Å²) in [5, 5.41) is 0. The molecule has 4 N–H and O–H groups in total. The Labute approximate surface area is 84.3 Å². The fraction of sp³-hybridized carbons (Fsp3) is 0.500. The Morgan fingerprint density at radius 1 is 1.50 bits per heavy atom. The standard InChI is InChI=1S/C10H17N3O/c1-3-14-6-9-8(4-11)5-13-7(2)10(9)12/h5H,3-4,6,11-12H2,1-2H3. The summed E-state index contributed by atoms with van der Waals surface area (Å²) in [5.41, 5.74) is 15.0. The first-order valence-electron chi connectivity index (χ1n) is 4.71. The van der Waals surface area contributed by atoms with Crippen LogP contribution in [0.2, 0.25) is 0 Å². The van der Waals surface area contributed by atoms with E-state index >= 15 is 0 Å². The highest BCUT2D eigenvalue weighted by molar-refractivity contribution is 5.53. The van der Waals surface area contributed by atoms with Crippen molar-refractivity contribution in [2.24, 2.45) is 5.73 Å². The predicted octanol–water partition coefficient (Wildman–Crippen LogP) is 0.967. The number of aryl methyl sites for hydroxylation is 1. The second-order valence-electron chi connectivity index (χ2n) is 3.10. The van der Waals surface area contributed by atoms with E-state index in [2.05, 4.69) is 4.98 Å². The van der Waals surface area contributed by atoms with Crippen molar-refractivity contribution in [1.82, 2.24) is 4.98 Å². The lowest BCUT2D eigenvalue weighted by molar-refractivity contribution is 0.134. The van der Waals surface area contributed by atoms with Crippen molar-refractivity contribution >= 4 is 5.69 Å². The molecule has 78 valence electrons. The molecule has 4 nitrogen and oxygen atoms in total. The molecule has 1 aromatic rings. The minimum Gasteiger partial charge on any atom is -0.397 e. The van der Waals surface area contributed by atoms with E-state index in [4.69, 9.17) is 16.2 Å². The second-order valence-corrected chi connectivity index (χ2v) is 3.10. The molecule has 4 heteroatoms. The molecular formula is C10H17N3O. The van der Waals surface area contributed by atoms with E-state index in [9.17, 15) is 0 Å². The molecule has 0 fully saturated rings. The third kappa shape index (κ3) is 2.21. The van der Waals surface area contributed by atoms with E-state index in [1.165, 1.54) is 0 Å². The van der Waals surface area contributed by atoms with Crippen LogP contribution in [-0.4, -0.2) is 11.6 Å². The van der Waals surface area contributed by atoms with Crippen molar-refractivity contribution in [2.75, 3.05) is 12.3 Å². The highest BCUT2D eigenvalue weighted by Gasteiger charge is 2.08. The number of nitrogens with zero attached hydrogens (tertiary/aromatic N) is 1. The predicted molar refractivity (Wildman–Crippen MR) is 56.6 cm³/mol. The number of aromatic nitrogens is 1. The van der Waals surface area contributed by atoms with Crippen LogP contribution in [-0.2, 0) is 17.9 Å². The molecule has 0 saturated heterocycles. The molecule has 0 aliphatic rings. The first-order chi connectivity index (χ1) is 6.70. The van der Waals surface area contributed by atoms with Gasteiger partial charge in [0.15, 0.2) is 0 Å². The summed E-state index contributed by atoms with van der Waals surface area (Å²) < 4.78 is 5.33. The molecule has 0 radical (unpaired) electrons. The highest BCUT2D eigenvalue weighted by Crippen LogP contribution is 2.19. The second kappa shape index (κ2) is 4.93. The molecule has 1 rings (SSSR count). The monoisotopic (exact) mass is 195 g/mol. The Morgan fingerprint density at radius 2 is 2.21 bits per heavy atom. The zero-order chi connectivity index (χ0) is 10.6. The minimum absolute atomic E-state index is 0.444. The van der Waals surface area contributed by atoms with Gasteiger partial charge in [-0.15, -0.1) is 0 Å². The molecule has 0 aliphatic heterocycles. The third-order valence-corrected chi connectivity index (χ3v) is 2.19. The van der Waals surface area contributed by atoms with Crippen LogP contribution in [0.25, 0.3) is 0 Å². The van der Waals surface area contributed by atoms with Gasteiger partial charge in [0.1, 0.15) is 0 Å². The lowest BCUT2D eigenvalue weighted by atomic mass is 10.1. The van der Waals surface area contributed by atoms with Crippen LogP contribution in [0.5, 0.6) is 0 Å². The number of pyridine rings is 1. The Hall–Kier alpha value is -1.13. The number of hydrogen-bond acceptors (Lipinski definition) is 4. The van der Waals surface area contributed by atoms with Gasteiger partial charge in [-0.3, -0.25) is 4.98 Å². The number of hydrogen-bond donors (Lipinski definition) is 2. The van der Waals surface area contributed by atoms with Gasteiger partial charge in [0.2, 0.25) is 0 Å². The van der Waals surface area contributed by atoms with Crippen LogP contribution in [0.1, 0.15) is 23.7 Å². The molecular weight excluding hydrogens is 178 g/mol. The molecule has 1 heterocycles. The van der Waals surface area contributed by atoms with Crippen LogP contribution < -0.4 is 11.5 Å². The Morgan fingerprint density at radius 3 is 2.79 bits per heavy atom. The number of ether oxygens (including phenoxy) is 1. The largest absolute Gasteiger partial charge is 0.397 e. The first-order valence-corrected chi connectivity index (χ1v) is 4.71. The molecule has 0 aromatic carbocycles. The van der Waals surface area contributed by atoms with Crippen LogP contribution in [0.15, 0.2) is 6.20 Å². The highest BCUT2D eigenvalue weighted by atomic mass is 16.5. The van der Waals surface area contributed by atoms with E-state index < -0.39 is 0 Å². The van der Waals surface area contributed by atoms with E-state index in [1.54, 1.807) is 6.20 Å². The van der Waals surface area contributed by atoms with Gasteiger partial charge < -0.3 is 16.2 Å². The van der Waals surface area contributed by atoms with Gasteiger partial charge >= 0.3 is 0 Å².